The van der Waals surface area contributed by atoms with Crippen LogP contribution in [0.2, 0.25) is 0 Å². The van der Waals surface area contributed by atoms with Crippen LogP contribution in [0.5, 0.6) is 0 Å². The van der Waals surface area contributed by atoms with Crippen molar-refractivity contribution in [3.8, 4) is 12.3 Å². The Morgan fingerprint density at radius 1 is 1.80 bits per heavy atom. The maximum absolute atomic E-state index is 10.8. The lowest BCUT2D eigenvalue weighted by Crippen LogP contribution is -2.27. The van der Waals surface area contributed by atoms with Gasteiger partial charge in [0, 0.05) is 0 Å². The molecule has 1 saturated heterocycles. The highest BCUT2D eigenvalue weighted by Gasteiger charge is 2.22. The third-order valence-corrected chi connectivity index (χ3v) is 2.73. The van der Waals surface area contributed by atoms with E-state index in [9.17, 15) is 4.21 Å². The first-order valence-electron chi connectivity index (χ1n) is 3.24. The molecule has 1 rings (SSSR count). The zero-order chi connectivity index (χ0) is 7.56. The van der Waals surface area contributed by atoms with E-state index < -0.39 is 11.1 Å². The summed E-state index contributed by atoms with van der Waals surface area (Å²) in [6.45, 7) is 2.03. The van der Waals surface area contributed by atoms with E-state index in [1.807, 2.05) is 6.92 Å². The molecule has 56 valence electrons. The second-order valence-corrected chi connectivity index (χ2v) is 3.70. The fraction of sp³-hybridized carbons (Fsp3) is 0.714. The predicted molar refractivity (Wildman–Crippen MR) is 40.5 cm³/mol. The Kier molecular flexibility index (Phi) is 2.47. The van der Waals surface area contributed by atoms with Gasteiger partial charge in [0.2, 0.25) is 0 Å². The van der Waals surface area contributed by atoms with Crippen LogP contribution in [-0.4, -0.2) is 16.1 Å². The SMILES string of the molecule is C#CC1CC(C)CS(=O)O1. The Morgan fingerprint density at radius 3 is 3.00 bits per heavy atom. The normalized spacial score (nSPS) is 40.6. The molecular formula is C7H10O2S. The average Bonchev–Trinajstić information content (AvgIpc) is 1.85. The van der Waals surface area contributed by atoms with Crippen molar-refractivity contribution in [1.82, 2.24) is 0 Å². The summed E-state index contributed by atoms with van der Waals surface area (Å²) >= 11 is -1.14. The lowest BCUT2D eigenvalue weighted by molar-refractivity contribution is 0.229. The monoisotopic (exact) mass is 158 g/mol. The zero-order valence-corrected chi connectivity index (χ0v) is 6.69. The molecule has 3 unspecified atom stereocenters. The van der Waals surface area contributed by atoms with E-state index in [-0.39, 0.29) is 6.10 Å². The summed E-state index contributed by atoms with van der Waals surface area (Å²) in [5.74, 6) is 3.50. The second kappa shape index (κ2) is 3.18. The molecule has 0 saturated carbocycles. The fourth-order valence-electron chi connectivity index (χ4n) is 0.970. The first kappa shape index (κ1) is 7.77. The number of hydrogen-bond acceptors (Lipinski definition) is 2. The van der Waals surface area contributed by atoms with Crippen LogP contribution < -0.4 is 0 Å². The molecule has 0 aromatic carbocycles. The molecule has 0 aromatic heterocycles. The Balaban J connectivity index is 2.52. The maximum atomic E-state index is 10.8. The summed E-state index contributed by atoms with van der Waals surface area (Å²) in [5, 5.41) is 0. The maximum Gasteiger partial charge on any atom is 0.156 e. The van der Waals surface area contributed by atoms with Gasteiger partial charge in [-0.15, -0.1) is 6.42 Å². The minimum absolute atomic E-state index is 0.232. The van der Waals surface area contributed by atoms with Crippen LogP contribution in [0.15, 0.2) is 0 Å². The Labute approximate surface area is 63.6 Å². The van der Waals surface area contributed by atoms with Gasteiger partial charge in [0.05, 0.1) is 5.75 Å². The molecule has 0 radical (unpaired) electrons. The minimum Gasteiger partial charge on any atom is -0.274 e. The molecule has 0 aromatic rings. The van der Waals surface area contributed by atoms with E-state index in [2.05, 4.69) is 5.92 Å². The smallest absolute Gasteiger partial charge is 0.156 e. The average molecular weight is 158 g/mol. The van der Waals surface area contributed by atoms with E-state index >= 15 is 0 Å². The molecule has 1 heterocycles. The Hall–Kier alpha value is -0.330. The summed E-state index contributed by atoms with van der Waals surface area (Å²) in [7, 11) is 0. The van der Waals surface area contributed by atoms with Crippen molar-refractivity contribution in [2.75, 3.05) is 5.75 Å². The molecule has 0 spiro atoms. The zero-order valence-electron chi connectivity index (χ0n) is 5.87. The molecule has 3 atom stereocenters. The molecular weight excluding hydrogens is 148 g/mol. The third kappa shape index (κ3) is 1.83. The van der Waals surface area contributed by atoms with Gasteiger partial charge in [0.1, 0.15) is 6.10 Å². The predicted octanol–water partition coefficient (Wildman–Crippen LogP) is 0.708. The second-order valence-electron chi connectivity index (χ2n) is 2.56. The van der Waals surface area contributed by atoms with Crippen molar-refractivity contribution >= 4 is 11.1 Å². The molecule has 1 aliphatic heterocycles. The van der Waals surface area contributed by atoms with Crippen LogP contribution in [0.4, 0.5) is 0 Å². The highest BCUT2D eigenvalue weighted by Crippen LogP contribution is 2.17. The van der Waals surface area contributed by atoms with E-state index in [1.54, 1.807) is 0 Å². The van der Waals surface area contributed by atoms with Gasteiger partial charge in [-0.1, -0.05) is 12.8 Å². The van der Waals surface area contributed by atoms with Crippen LogP contribution >= 0.6 is 0 Å². The van der Waals surface area contributed by atoms with Crippen molar-refractivity contribution in [3.63, 3.8) is 0 Å². The summed E-state index contributed by atoms with van der Waals surface area (Å²) in [6.07, 6.45) is 5.72. The van der Waals surface area contributed by atoms with Crippen molar-refractivity contribution in [2.24, 2.45) is 5.92 Å². The van der Waals surface area contributed by atoms with Gasteiger partial charge in [-0.05, 0) is 12.3 Å². The molecule has 0 N–H and O–H groups in total. The van der Waals surface area contributed by atoms with Gasteiger partial charge in [-0.2, -0.15) is 0 Å². The Morgan fingerprint density at radius 2 is 2.50 bits per heavy atom. The van der Waals surface area contributed by atoms with Gasteiger partial charge in [0.15, 0.2) is 11.1 Å². The van der Waals surface area contributed by atoms with Crippen molar-refractivity contribution < 1.29 is 8.39 Å². The molecule has 1 aliphatic rings. The standard InChI is InChI=1S/C7H10O2S/c1-3-7-4-6(2)5-10(8)9-7/h1,6-7H,4-5H2,2H3. The number of terminal acetylenes is 1. The molecule has 10 heavy (non-hydrogen) atoms. The molecule has 0 bridgehead atoms. The minimum atomic E-state index is -1.14. The van der Waals surface area contributed by atoms with E-state index in [1.165, 1.54) is 0 Å². The van der Waals surface area contributed by atoms with Gasteiger partial charge in [0.25, 0.3) is 0 Å². The topological polar surface area (TPSA) is 26.3 Å². The largest absolute Gasteiger partial charge is 0.274 e. The quantitative estimate of drug-likeness (QED) is 0.485. The van der Waals surface area contributed by atoms with Gasteiger partial charge in [-0.25, -0.2) is 4.21 Å². The summed E-state index contributed by atoms with van der Waals surface area (Å²) in [6, 6.07) is 0. The molecule has 3 heteroatoms. The number of rotatable bonds is 0. The summed E-state index contributed by atoms with van der Waals surface area (Å²) in [4.78, 5) is 0. The summed E-state index contributed by atoms with van der Waals surface area (Å²) < 4.78 is 15.8. The highest BCUT2D eigenvalue weighted by molar-refractivity contribution is 7.80. The van der Waals surface area contributed by atoms with Crippen LogP contribution in [-0.2, 0) is 15.3 Å². The summed E-state index contributed by atoms with van der Waals surface area (Å²) in [5.41, 5.74) is 0. The molecule has 1 fully saturated rings. The van der Waals surface area contributed by atoms with E-state index in [0.717, 1.165) is 6.42 Å². The first-order chi connectivity index (χ1) is 4.72. The van der Waals surface area contributed by atoms with Gasteiger partial charge < -0.3 is 0 Å². The first-order valence-corrected chi connectivity index (χ1v) is 4.48. The lowest BCUT2D eigenvalue weighted by atomic mass is 10.1. The van der Waals surface area contributed by atoms with Crippen LogP contribution in [0.25, 0.3) is 0 Å². The third-order valence-electron chi connectivity index (χ3n) is 1.45. The number of hydrogen-bond donors (Lipinski definition) is 0. The Bertz CT molecular complexity index is 183. The fourth-order valence-corrected chi connectivity index (χ4v) is 2.04. The van der Waals surface area contributed by atoms with Crippen LogP contribution in [0.3, 0.4) is 0 Å². The molecule has 0 amide bonds. The van der Waals surface area contributed by atoms with Crippen LogP contribution in [0.1, 0.15) is 13.3 Å². The van der Waals surface area contributed by atoms with Crippen molar-refractivity contribution in [1.29, 1.82) is 0 Å². The van der Waals surface area contributed by atoms with E-state index in [4.69, 9.17) is 10.6 Å². The molecule has 2 nitrogen and oxygen atoms in total. The molecule has 0 aliphatic carbocycles. The van der Waals surface area contributed by atoms with Crippen molar-refractivity contribution in [3.05, 3.63) is 0 Å². The van der Waals surface area contributed by atoms with Crippen molar-refractivity contribution in [2.45, 2.75) is 19.4 Å². The highest BCUT2D eigenvalue weighted by atomic mass is 32.2. The van der Waals surface area contributed by atoms with Crippen LogP contribution in [0, 0.1) is 18.3 Å². The lowest BCUT2D eigenvalue weighted by Gasteiger charge is -2.21. The van der Waals surface area contributed by atoms with Gasteiger partial charge in [-0.3, -0.25) is 4.18 Å². The van der Waals surface area contributed by atoms with Gasteiger partial charge >= 0.3 is 0 Å². The van der Waals surface area contributed by atoms with E-state index in [0.29, 0.717) is 11.7 Å².